The van der Waals surface area contributed by atoms with Crippen molar-refractivity contribution in [3.05, 3.63) is 0 Å². The van der Waals surface area contributed by atoms with Crippen LogP contribution in [0.4, 0.5) is 0 Å². The molecule has 75 heavy (non-hydrogen) atoms. The van der Waals surface area contributed by atoms with Crippen molar-refractivity contribution in [2.45, 2.75) is 222 Å². The maximum atomic E-state index is 14.1. The molecule has 24 nitrogen and oxygen atoms in total. The molecule has 0 aliphatic carbocycles. The lowest BCUT2D eigenvalue weighted by Gasteiger charge is -2.29. The number of ether oxygens (including phenoxy) is 1. The molecule has 0 aliphatic rings. The Morgan fingerprint density at radius 2 is 0.667 bits per heavy atom. The zero-order chi connectivity index (χ0) is 56.7. The molecule has 0 saturated carbocycles. The molecule has 0 saturated heterocycles. The standard InChI is InChI=1S/C51H105N15O9/c1-50(2,74)35-75-51(3,4)26-34-63-48(72)41(66-49(73)42(65-46(70)39(59)22-8-15-30-55)25-11-17-32-61-44(68)37(57)20-6-13-28-53)24-10-18-33-62-47(71)40(64-45(69)38(58)21-7-14-29-54)23-9-16-31-60-43(67)36(56)19-5-12-27-52/h36-42,74H,5-35,52-59H2,1-4H3,(H,60,67)(H,61,68)(H,62,71)(H,63,72)(H,64,69)(H,65,70)(H,66,73). The first-order valence-corrected chi connectivity index (χ1v) is 27.7. The van der Waals surface area contributed by atoms with Gasteiger partial charge in [-0.3, -0.25) is 33.6 Å². The minimum absolute atomic E-state index is 0.0732. The van der Waals surface area contributed by atoms with Crippen molar-refractivity contribution < 1.29 is 43.4 Å². The zero-order valence-corrected chi connectivity index (χ0v) is 46.3. The van der Waals surface area contributed by atoms with E-state index in [-0.39, 0.29) is 50.8 Å². The number of amides is 7. The summed E-state index contributed by atoms with van der Waals surface area (Å²) in [6.45, 7) is 9.95. The smallest absolute Gasteiger partial charge is 0.243 e. The highest BCUT2D eigenvalue weighted by Crippen LogP contribution is 2.17. The summed E-state index contributed by atoms with van der Waals surface area (Å²) in [6.07, 6.45) is 11.1. The molecule has 0 radical (unpaired) electrons. The van der Waals surface area contributed by atoms with Crippen molar-refractivity contribution >= 4 is 41.4 Å². The van der Waals surface area contributed by atoms with Gasteiger partial charge in [-0.2, -0.15) is 0 Å². The van der Waals surface area contributed by atoms with Gasteiger partial charge in [0.2, 0.25) is 41.4 Å². The summed E-state index contributed by atoms with van der Waals surface area (Å²) < 4.78 is 5.91. The fraction of sp³-hybridized carbons (Fsp3) is 0.863. The van der Waals surface area contributed by atoms with Crippen LogP contribution in [0.25, 0.3) is 0 Å². The van der Waals surface area contributed by atoms with Crippen molar-refractivity contribution in [1.82, 2.24) is 37.2 Å². The minimum atomic E-state index is -1.07. The highest BCUT2D eigenvalue weighted by atomic mass is 16.5. The molecule has 0 aromatic heterocycles. The van der Waals surface area contributed by atoms with Gasteiger partial charge in [0, 0.05) is 26.2 Å². The number of unbranched alkanes of at least 4 members (excludes halogenated alkanes) is 7. The fourth-order valence-electron chi connectivity index (χ4n) is 7.69. The lowest BCUT2D eigenvalue weighted by Crippen LogP contribution is -2.56. The van der Waals surface area contributed by atoms with Crippen LogP contribution in [0, 0.1) is 0 Å². The highest BCUT2D eigenvalue weighted by molar-refractivity contribution is 5.93. The van der Waals surface area contributed by atoms with Crippen LogP contribution < -0.4 is 83.1 Å². The van der Waals surface area contributed by atoms with E-state index < -0.39 is 83.0 Å². The number of hydrogen-bond donors (Lipinski definition) is 16. The second-order valence-electron chi connectivity index (χ2n) is 21.0. The molecule has 0 fully saturated rings. The third kappa shape index (κ3) is 36.5. The summed E-state index contributed by atoms with van der Waals surface area (Å²) >= 11 is 0. The van der Waals surface area contributed by atoms with Crippen molar-refractivity contribution in [3.63, 3.8) is 0 Å². The van der Waals surface area contributed by atoms with Gasteiger partial charge in [0.1, 0.15) is 18.1 Å². The van der Waals surface area contributed by atoms with Crippen LogP contribution in [0.3, 0.4) is 0 Å². The molecule has 7 amide bonds. The first-order valence-electron chi connectivity index (χ1n) is 27.7. The molecule has 0 heterocycles. The lowest BCUT2D eigenvalue weighted by atomic mass is 10.0. The molecule has 0 rings (SSSR count). The first kappa shape index (κ1) is 70.9. The molecule has 24 heteroatoms. The van der Waals surface area contributed by atoms with Crippen molar-refractivity contribution in [2.24, 2.45) is 45.9 Å². The minimum Gasteiger partial charge on any atom is -0.388 e. The molecule has 7 unspecified atom stereocenters. The summed E-state index contributed by atoms with van der Waals surface area (Å²) in [6, 6.07) is -6.09. The molecule has 0 aromatic rings. The Labute approximate surface area is 448 Å². The van der Waals surface area contributed by atoms with Gasteiger partial charge in [0.15, 0.2) is 0 Å². The van der Waals surface area contributed by atoms with E-state index in [1.165, 1.54) is 0 Å². The number of carbonyl (C=O) groups is 7. The van der Waals surface area contributed by atoms with Crippen LogP contribution in [0.15, 0.2) is 0 Å². The van der Waals surface area contributed by atoms with Crippen molar-refractivity contribution in [2.75, 3.05) is 59.0 Å². The van der Waals surface area contributed by atoms with Gasteiger partial charge >= 0.3 is 0 Å². The van der Waals surface area contributed by atoms with Gasteiger partial charge < -0.3 is 92.9 Å². The average molecular weight is 1070 g/mol. The largest absolute Gasteiger partial charge is 0.388 e. The van der Waals surface area contributed by atoms with Gasteiger partial charge in [-0.15, -0.1) is 0 Å². The molecule has 0 aromatic carbocycles. The van der Waals surface area contributed by atoms with E-state index in [1.807, 2.05) is 13.8 Å². The number of carbonyl (C=O) groups excluding carboxylic acids is 7. The van der Waals surface area contributed by atoms with E-state index in [0.717, 1.165) is 25.7 Å². The Balaban J connectivity index is 6.11. The second-order valence-corrected chi connectivity index (χ2v) is 21.0. The van der Waals surface area contributed by atoms with E-state index in [1.54, 1.807) is 13.8 Å². The molecular formula is C51H105N15O9. The number of rotatable bonds is 47. The maximum absolute atomic E-state index is 14.1. The van der Waals surface area contributed by atoms with E-state index >= 15 is 0 Å². The summed E-state index contributed by atoms with van der Waals surface area (Å²) in [5.41, 5.74) is 45.0. The predicted octanol–water partition coefficient (Wildman–Crippen LogP) is -1.80. The molecule has 0 spiro atoms. The Hall–Kier alpha value is -4.11. The predicted molar refractivity (Wildman–Crippen MR) is 294 cm³/mol. The summed E-state index contributed by atoms with van der Waals surface area (Å²) in [5, 5.41) is 30.1. The van der Waals surface area contributed by atoms with E-state index in [2.05, 4.69) is 37.2 Å². The third-order valence-corrected chi connectivity index (χ3v) is 12.6. The topological polar surface area (TPSA) is 441 Å². The Bertz CT molecular complexity index is 1610. The highest BCUT2D eigenvalue weighted by Gasteiger charge is 2.30. The number of nitrogens with one attached hydrogen (secondary N) is 7. The second kappa shape index (κ2) is 42.0. The van der Waals surface area contributed by atoms with Gasteiger partial charge in [-0.1, -0.05) is 25.7 Å². The Morgan fingerprint density at radius 3 is 1.00 bits per heavy atom. The van der Waals surface area contributed by atoms with E-state index in [9.17, 15) is 38.7 Å². The van der Waals surface area contributed by atoms with Crippen molar-refractivity contribution in [1.29, 1.82) is 0 Å². The Morgan fingerprint density at radius 1 is 0.387 bits per heavy atom. The molecule has 438 valence electrons. The third-order valence-electron chi connectivity index (χ3n) is 12.6. The van der Waals surface area contributed by atoms with Gasteiger partial charge in [0.05, 0.1) is 42.0 Å². The van der Waals surface area contributed by atoms with Crippen LogP contribution >= 0.6 is 0 Å². The van der Waals surface area contributed by atoms with Gasteiger partial charge in [-0.25, -0.2) is 0 Å². The van der Waals surface area contributed by atoms with Gasteiger partial charge in [0.25, 0.3) is 0 Å². The molecule has 7 atom stereocenters. The number of nitrogens with two attached hydrogens (primary N) is 8. The quantitative estimate of drug-likeness (QED) is 0.0299. The number of hydrogen-bond acceptors (Lipinski definition) is 17. The normalized spacial score (nSPS) is 14.6. The van der Waals surface area contributed by atoms with Crippen molar-refractivity contribution in [3.8, 4) is 0 Å². The van der Waals surface area contributed by atoms with Crippen LogP contribution in [0.2, 0.25) is 0 Å². The number of aliphatic hydroxyl groups is 1. The summed E-state index contributed by atoms with van der Waals surface area (Å²) in [7, 11) is 0. The summed E-state index contributed by atoms with van der Waals surface area (Å²) in [4.78, 5) is 93.1. The molecule has 24 N–H and O–H groups in total. The molecular weight excluding hydrogens is 967 g/mol. The zero-order valence-electron chi connectivity index (χ0n) is 46.3. The van der Waals surface area contributed by atoms with Crippen LogP contribution in [0.1, 0.15) is 169 Å². The summed E-state index contributed by atoms with van der Waals surface area (Å²) in [5.74, 6) is -3.05. The fourth-order valence-corrected chi connectivity index (χ4v) is 7.69. The first-order chi connectivity index (χ1) is 35.5. The van der Waals surface area contributed by atoms with E-state index in [4.69, 9.17) is 50.6 Å². The van der Waals surface area contributed by atoms with Gasteiger partial charge in [-0.05, 0) is 169 Å². The molecule has 0 aliphatic heterocycles. The van der Waals surface area contributed by atoms with E-state index in [0.29, 0.717) is 136 Å². The lowest BCUT2D eigenvalue weighted by molar-refractivity contribution is -0.133. The average Bonchev–Trinajstić information content (AvgIpc) is 3.36. The maximum Gasteiger partial charge on any atom is 0.243 e. The van der Waals surface area contributed by atoms with Crippen LogP contribution in [0.5, 0.6) is 0 Å². The van der Waals surface area contributed by atoms with Crippen LogP contribution in [-0.2, 0) is 38.3 Å². The monoisotopic (exact) mass is 1070 g/mol. The Kier molecular flexibility index (Phi) is 39.7. The SMILES string of the molecule is CC(C)(O)COC(C)(C)CCNC(=O)C(CCCCNC(=O)C(CCCCNC(=O)C(N)CCCCN)NC(=O)C(N)CCCCN)NC(=O)C(CCCCNC(=O)C(N)CCCCN)NC(=O)C(N)CCCCN. The van der Waals surface area contributed by atoms with Crippen LogP contribution in [-0.4, -0.2) is 159 Å². The molecule has 0 bridgehead atoms.